The minimum atomic E-state index is -0.428. The lowest BCUT2D eigenvalue weighted by molar-refractivity contribution is -0.194. The van der Waals surface area contributed by atoms with E-state index in [2.05, 4.69) is 26.8 Å². The van der Waals surface area contributed by atoms with Crippen LogP contribution in [-0.2, 0) is 19.0 Å². The standard InChI is InChI=1S/C20H37NO4/c1-4-6-7-8-9-10-11-12-17-20(25-18(22)14-21)19(23-13-5-2)16(3)15-24-17/h11-12,16-17,19-20H,4-10,13-15,21H2,1-3H3/b12-11+/t16-,17-,19-,20+/m0/s1. The molecule has 0 bridgehead atoms. The number of nitrogens with two attached hydrogens (primary N) is 1. The highest BCUT2D eigenvalue weighted by Crippen LogP contribution is 2.27. The van der Waals surface area contributed by atoms with Crippen LogP contribution in [0, 0.1) is 5.92 Å². The second-order valence-corrected chi connectivity index (χ2v) is 6.90. The van der Waals surface area contributed by atoms with Crippen molar-refractivity contribution in [1.82, 2.24) is 0 Å². The minimum Gasteiger partial charge on any atom is -0.455 e. The lowest BCUT2D eigenvalue weighted by atomic mass is 9.92. The van der Waals surface area contributed by atoms with Crippen LogP contribution in [0.2, 0.25) is 0 Å². The Morgan fingerprint density at radius 1 is 1.16 bits per heavy atom. The lowest BCUT2D eigenvalue weighted by Gasteiger charge is -2.39. The first-order valence-electron chi connectivity index (χ1n) is 9.93. The highest BCUT2D eigenvalue weighted by molar-refractivity contribution is 5.71. The van der Waals surface area contributed by atoms with Gasteiger partial charge in [0.15, 0.2) is 6.10 Å². The molecule has 0 aromatic heterocycles. The number of ether oxygens (including phenoxy) is 3. The summed E-state index contributed by atoms with van der Waals surface area (Å²) in [5.41, 5.74) is 5.42. The second-order valence-electron chi connectivity index (χ2n) is 6.90. The van der Waals surface area contributed by atoms with E-state index in [1.54, 1.807) is 0 Å². The van der Waals surface area contributed by atoms with Crippen LogP contribution in [0.5, 0.6) is 0 Å². The van der Waals surface area contributed by atoms with Crippen molar-refractivity contribution in [3.63, 3.8) is 0 Å². The maximum atomic E-state index is 11.7. The van der Waals surface area contributed by atoms with Crippen LogP contribution in [-0.4, -0.2) is 44.0 Å². The highest BCUT2D eigenvalue weighted by Gasteiger charge is 2.40. The number of allylic oxidation sites excluding steroid dienone is 1. The summed E-state index contributed by atoms with van der Waals surface area (Å²) in [6, 6.07) is 0. The molecule has 25 heavy (non-hydrogen) atoms. The van der Waals surface area contributed by atoms with Gasteiger partial charge in [-0.15, -0.1) is 0 Å². The highest BCUT2D eigenvalue weighted by atomic mass is 16.6. The Morgan fingerprint density at radius 3 is 2.60 bits per heavy atom. The molecule has 1 heterocycles. The summed E-state index contributed by atoms with van der Waals surface area (Å²) in [5, 5.41) is 0. The fourth-order valence-electron chi connectivity index (χ4n) is 3.07. The van der Waals surface area contributed by atoms with Crippen molar-refractivity contribution in [2.45, 2.75) is 84.0 Å². The summed E-state index contributed by atoms with van der Waals surface area (Å²) in [5.74, 6) is -0.230. The number of carbonyl (C=O) groups excluding carboxylic acids is 1. The number of unbranched alkanes of at least 4 members (excludes halogenated alkanes) is 5. The van der Waals surface area contributed by atoms with Crippen LogP contribution >= 0.6 is 0 Å². The van der Waals surface area contributed by atoms with Crippen molar-refractivity contribution in [3.8, 4) is 0 Å². The molecule has 0 aliphatic carbocycles. The van der Waals surface area contributed by atoms with Gasteiger partial charge < -0.3 is 19.9 Å². The SMILES string of the molecule is CCCCCCC/C=C/[C@@H]1OC[C@H](C)[C@H](OCCC)[C@@H]1OC(=O)CN. The predicted molar refractivity (Wildman–Crippen MR) is 100 cm³/mol. The number of carbonyl (C=O) groups is 1. The zero-order valence-electron chi connectivity index (χ0n) is 16.2. The molecule has 5 heteroatoms. The van der Waals surface area contributed by atoms with E-state index in [1.807, 2.05) is 6.08 Å². The predicted octanol–water partition coefficient (Wildman–Crippen LogP) is 3.60. The van der Waals surface area contributed by atoms with Gasteiger partial charge in [-0.2, -0.15) is 0 Å². The molecule has 0 saturated carbocycles. The molecular formula is C20H37NO4. The first kappa shape index (κ1) is 22.1. The van der Waals surface area contributed by atoms with E-state index in [0.717, 1.165) is 12.8 Å². The second kappa shape index (κ2) is 13.3. The molecule has 0 unspecified atom stereocenters. The minimum absolute atomic E-state index is 0.126. The molecule has 0 radical (unpaired) electrons. The van der Waals surface area contributed by atoms with E-state index in [0.29, 0.717) is 13.2 Å². The van der Waals surface area contributed by atoms with Gasteiger partial charge in [0.05, 0.1) is 13.2 Å². The molecule has 4 atom stereocenters. The van der Waals surface area contributed by atoms with E-state index < -0.39 is 12.1 Å². The van der Waals surface area contributed by atoms with Gasteiger partial charge in [-0.05, 0) is 19.3 Å². The summed E-state index contributed by atoms with van der Waals surface area (Å²) < 4.78 is 17.5. The van der Waals surface area contributed by atoms with Crippen LogP contribution in [0.25, 0.3) is 0 Å². The van der Waals surface area contributed by atoms with E-state index >= 15 is 0 Å². The first-order valence-corrected chi connectivity index (χ1v) is 9.93. The average molecular weight is 356 g/mol. The summed E-state index contributed by atoms with van der Waals surface area (Å²) in [6.45, 7) is 7.49. The van der Waals surface area contributed by atoms with Gasteiger partial charge in [0, 0.05) is 12.5 Å². The van der Waals surface area contributed by atoms with E-state index in [1.165, 1.54) is 32.1 Å². The molecule has 0 aromatic carbocycles. The maximum Gasteiger partial charge on any atom is 0.320 e. The Labute approximate surface area is 153 Å². The van der Waals surface area contributed by atoms with Crippen molar-refractivity contribution in [2.75, 3.05) is 19.8 Å². The third-order valence-electron chi connectivity index (χ3n) is 4.51. The number of hydrogen-bond acceptors (Lipinski definition) is 5. The van der Waals surface area contributed by atoms with Gasteiger partial charge >= 0.3 is 5.97 Å². The Hall–Kier alpha value is -0.910. The monoisotopic (exact) mass is 355 g/mol. The van der Waals surface area contributed by atoms with Crippen molar-refractivity contribution < 1.29 is 19.0 Å². The molecule has 1 aliphatic heterocycles. The van der Waals surface area contributed by atoms with Gasteiger partial charge in [-0.1, -0.05) is 58.6 Å². The summed E-state index contributed by atoms with van der Waals surface area (Å²) in [6.07, 6.45) is 11.6. The van der Waals surface area contributed by atoms with Crippen molar-refractivity contribution in [1.29, 1.82) is 0 Å². The number of esters is 1. The van der Waals surface area contributed by atoms with Gasteiger partial charge in [-0.3, -0.25) is 4.79 Å². The van der Waals surface area contributed by atoms with Crippen LogP contribution < -0.4 is 5.73 Å². The molecule has 0 spiro atoms. The molecule has 1 rings (SSSR count). The quantitative estimate of drug-likeness (QED) is 0.329. The Balaban J connectivity index is 2.61. The number of hydrogen-bond donors (Lipinski definition) is 1. The molecule has 146 valence electrons. The zero-order valence-corrected chi connectivity index (χ0v) is 16.2. The van der Waals surface area contributed by atoms with E-state index in [4.69, 9.17) is 19.9 Å². The van der Waals surface area contributed by atoms with Crippen LogP contribution in [0.3, 0.4) is 0 Å². The first-order chi connectivity index (χ1) is 12.1. The molecule has 0 aromatic rings. The maximum absolute atomic E-state index is 11.7. The Kier molecular flexibility index (Phi) is 11.8. The summed E-state index contributed by atoms with van der Waals surface area (Å²) in [7, 11) is 0. The lowest BCUT2D eigenvalue weighted by Crippen LogP contribution is -2.52. The van der Waals surface area contributed by atoms with Crippen LogP contribution in [0.15, 0.2) is 12.2 Å². The topological polar surface area (TPSA) is 70.8 Å². The van der Waals surface area contributed by atoms with Gasteiger partial charge in [0.25, 0.3) is 0 Å². The number of rotatable bonds is 12. The third kappa shape index (κ3) is 8.34. The van der Waals surface area contributed by atoms with Gasteiger partial charge in [-0.25, -0.2) is 0 Å². The normalized spacial score (nSPS) is 26.9. The molecule has 2 N–H and O–H groups in total. The fourth-order valence-corrected chi connectivity index (χ4v) is 3.07. The Bertz CT molecular complexity index is 386. The fraction of sp³-hybridized carbons (Fsp3) is 0.850. The summed E-state index contributed by atoms with van der Waals surface area (Å²) >= 11 is 0. The molecular weight excluding hydrogens is 318 g/mol. The van der Waals surface area contributed by atoms with Crippen LogP contribution in [0.4, 0.5) is 0 Å². The van der Waals surface area contributed by atoms with Crippen molar-refractivity contribution in [3.05, 3.63) is 12.2 Å². The Morgan fingerprint density at radius 2 is 1.92 bits per heavy atom. The molecule has 1 fully saturated rings. The zero-order chi connectivity index (χ0) is 18.5. The molecule has 0 amide bonds. The van der Waals surface area contributed by atoms with Gasteiger partial charge in [0.1, 0.15) is 12.2 Å². The average Bonchev–Trinajstić information content (AvgIpc) is 2.62. The molecule has 1 aliphatic rings. The smallest absolute Gasteiger partial charge is 0.320 e. The van der Waals surface area contributed by atoms with Crippen molar-refractivity contribution in [2.24, 2.45) is 11.7 Å². The molecule has 5 nitrogen and oxygen atoms in total. The van der Waals surface area contributed by atoms with E-state index in [-0.39, 0.29) is 24.7 Å². The third-order valence-corrected chi connectivity index (χ3v) is 4.51. The summed E-state index contributed by atoms with van der Waals surface area (Å²) in [4.78, 5) is 11.7. The van der Waals surface area contributed by atoms with E-state index in [9.17, 15) is 4.79 Å². The largest absolute Gasteiger partial charge is 0.455 e. The van der Waals surface area contributed by atoms with Gasteiger partial charge in [0.2, 0.25) is 0 Å². The molecule has 1 saturated heterocycles. The van der Waals surface area contributed by atoms with Crippen molar-refractivity contribution >= 4 is 5.97 Å². The van der Waals surface area contributed by atoms with Crippen LogP contribution in [0.1, 0.15) is 65.7 Å².